The topological polar surface area (TPSA) is 78.9 Å². The van der Waals surface area contributed by atoms with Crippen molar-refractivity contribution in [3.63, 3.8) is 0 Å². The molecule has 2 atom stereocenters. The Bertz CT molecular complexity index is 736. The van der Waals surface area contributed by atoms with Gasteiger partial charge in [0.1, 0.15) is 12.8 Å². The van der Waals surface area contributed by atoms with Crippen molar-refractivity contribution in [2.75, 3.05) is 6.54 Å². The van der Waals surface area contributed by atoms with E-state index >= 15 is 0 Å². The molecule has 26 heavy (non-hydrogen) atoms. The van der Waals surface area contributed by atoms with Gasteiger partial charge in [-0.2, -0.15) is 0 Å². The first-order valence-electron chi connectivity index (χ1n) is 8.67. The number of ether oxygens (including phenoxy) is 1. The van der Waals surface area contributed by atoms with Crippen LogP contribution in [0.2, 0.25) is 0 Å². The molecule has 6 nitrogen and oxygen atoms in total. The van der Waals surface area contributed by atoms with Crippen molar-refractivity contribution in [1.82, 2.24) is 10.2 Å². The minimum atomic E-state index is -1.04. The van der Waals surface area contributed by atoms with Crippen LogP contribution < -0.4 is 5.32 Å². The number of carbonyl (C=O) groups excluding carboxylic acids is 1. The van der Waals surface area contributed by atoms with Gasteiger partial charge in [0.05, 0.1) is 0 Å². The Morgan fingerprint density at radius 3 is 2.38 bits per heavy atom. The number of alkyl carbamates (subject to hydrolysis) is 1. The molecule has 2 N–H and O–H groups in total. The number of likely N-dealkylation sites (tertiary alicyclic amines) is 1. The SMILES string of the molecule is O=C(NC1C(c2ccccc2)CCCN1C(=O)O)OCc1ccccc1. The van der Waals surface area contributed by atoms with Gasteiger partial charge in [-0.1, -0.05) is 60.7 Å². The maximum atomic E-state index is 12.3. The number of benzene rings is 2. The fourth-order valence-electron chi connectivity index (χ4n) is 3.32. The first-order chi connectivity index (χ1) is 12.6. The first-order valence-corrected chi connectivity index (χ1v) is 8.67. The lowest BCUT2D eigenvalue weighted by molar-refractivity contribution is 0.0721. The zero-order valence-electron chi connectivity index (χ0n) is 14.4. The van der Waals surface area contributed by atoms with Crippen molar-refractivity contribution < 1.29 is 19.4 Å². The molecule has 136 valence electrons. The summed E-state index contributed by atoms with van der Waals surface area (Å²) in [7, 11) is 0. The van der Waals surface area contributed by atoms with E-state index in [2.05, 4.69) is 5.32 Å². The number of hydrogen-bond donors (Lipinski definition) is 2. The fourth-order valence-corrected chi connectivity index (χ4v) is 3.32. The summed E-state index contributed by atoms with van der Waals surface area (Å²) in [6.45, 7) is 0.533. The summed E-state index contributed by atoms with van der Waals surface area (Å²) in [6.07, 6.45) is -0.751. The highest BCUT2D eigenvalue weighted by atomic mass is 16.5. The summed E-state index contributed by atoms with van der Waals surface area (Å²) < 4.78 is 5.27. The third kappa shape index (κ3) is 4.33. The third-order valence-corrected chi connectivity index (χ3v) is 4.58. The minimum absolute atomic E-state index is 0.106. The van der Waals surface area contributed by atoms with Crippen LogP contribution in [-0.2, 0) is 11.3 Å². The minimum Gasteiger partial charge on any atom is -0.465 e. The molecule has 0 aliphatic carbocycles. The maximum Gasteiger partial charge on any atom is 0.409 e. The average Bonchev–Trinajstić information content (AvgIpc) is 2.68. The lowest BCUT2D eigenvalue weighted by Crippen LogP contribution is -2.56. The first kappa shape index (κ1) is 17.8. The van der Waals surface area contributed by atoms with Gasteiger partial charge in [-0.05, 0) is 24.0 Å². The molecule has 2 unspecified atom stereocenters. The van der Waals surface area contributed by atoms with Gasteiger partial charge < -0.3 is 15.2 Å². The van der Waals surface area contributed by atoms with Gasteiger partial charge in [-0.15, -0.1) is 0 Å². The van der Waals surface area contributed by atoms with E-state index in [4.69, 9.17) is 4.74 Å². The van der Waals surface area contributed by atoms with Gasteiger partial charge in [0, 0.05) is 12.5 Å². The molecule has 2 aromatic carbocycles. The monoisotopic (exact) mass is 354 g/mol. The van der Waals surface area contributed by atoms with Crippen LogP contribution >= 0.6 is 0 Å². The van der Waals surface area contributed by atoms with Gasteiger partial charge in [0.25, 0.3) is 0 Å². The highest BCUT2D eigenvalue weighted by molar-refractivity contribution is 5.70. The number of nitrogens with one attached hydrogen (secondary N) is 1. The number of carboxylic acid groups (broad SMARTS) is 1. The summed E-state index contributed by atoms with van der Waals surface area (Å²) in [5.41, 5.74) is 1.88. The van der Waals surface area contributed by atoms with Gasteiger partial charge in [-0.25, -0.2) is 9.59 Å². The van der Waals surface area contributed by atoms with Gasteiger partial charge in [0.2, 0.25) is 0 Å². The number of amides is 2. The highest BCUT2D eigenvalue weighted by Crippen LogP contribution is 2.31. The second kappa shape index (κ2) is 8.38. The zero-order valence-corrected chi connectivity index (χ0v) is 14.4. The van der Waals surface area contributed by atoms with E-state index in [0.29, 0.717) is 6.54 Å². The van der Waals surface area contributed by atoms with Crippen LogP contribution in [0.1, 0.15) is 29.9 Å². The summed E-state index contributed by atoms with van der Waals surface area (Å²) in [6, 6.07) is 19.0. The Labute approximate surface area is 152 Å². The molecule has 3 rings (SSSR count). The Balaban J connectivity index is 1.71. The Morgan fingerprint density at radius 2 is 1.73 bits per heavy atom. The van der Waals surface area contributed by atoms with E-state index in [-0.39, 0.29) is 12.5 Å². The molecule has 2 aromatic rings. The molecule has 1 heterocycles. The smallest absolute Gasteiger partial charge is 0.409 e. The van der Waals surface area contributed by atoms with Crippen molar-refractivity contribution in [1.29, 1.82) is 0 Å². The predicted molar refractivity (Wildman–Crippen MR) is 96.7 cm³/mol. The van der Waals surface area contributed by atoms with Crippen molar-refractivity contribution in [3.05, 3.63) is 71.8 Å². The van der Waals surface area contributed by atoms with E-state index in [9.17, 15) is 14.7 Å². The summed E-state index contributed by atoms with van der Waals surface area (Å²) >= 11 is 0. The Morgan fingerprint density at radius 1 is 1.08 bits per heavy atom. The third-order valence-electron chi connectivity index (χ3n) is 4.58. The Kier molecular flexibility index (Phi) is 5.73. The van der Waals surface area contributed by atoms with Crippen LogP contribution in [-0.4, -0.2) is 34.9 Å². The van der Waals surface area contributed by atoms with Crippen LogP contribution in [0.4, 0.5) is 9.59 Å². The number of piperidine rings is 1. The molecule has 0 radical (unpaired) electrons. The molecule has 1 fully saturated rings. The van der Waals surface area contributed by atoms with Gasteiger partial charge in [-0.3, -0.25) is 4.90 Å². The molecular weight excluding hydrogens is 332 g/mol. The highest BCUT2D eigenvalue weighted by Gasteiger charge is 2.36. The average molecular weight is 354 g/mol. The van der Waals surface area contributed by atoms with E-state index < -0.39 is 18.4 Å². The van der Waals surface area contributed by atoms with Crippen molar-refractivity contribution in [3.8, 4) is 0 Å². The molecule has 1 saturated heterocycles. The van der Waals surface area contributed by atoms with Crippen molar-refractivity contribution in [2.45, 2.75) is 31.5 Å². The van der Waals surface area contributed by atoms with Crippen LogP contribution in [0.15, 0.2) is 60.7 Å². The quantitative estimate of drug-likeness (QED) is 0.875. The van der Waals surface area contributed by atoms with Gasteiger partial charge >= 0.3 is 12.2 Å². The largest absolute Gasteiger partial charge is 0.465 e. The number of nitrogens with zero attached hydrogens (tertiary/aromatic N) is 1. The maximum absolute atomic E-state index is 12.3. The second-order valence-electron chi connectivity index (χ2n) is 6.29. The van der Waals surface area contributed by atoms with E-state index in [1.807, 2.05) is 60.7 Å². The molecule has 1 aliphatic heterocycles. The second-order valence-corrected chi connectivity index (χ2v) is 6.29. The Hall–Kier alpha value is -3.02. The summed E-state index contributed by atoms with van der Waals surface area (Å²) in [4.78, 5) is 25.2. The van der Waals surface area contributed by atoms with Crippen molar-refractivity contribution >= 4 is 12.2 Å². The van der Waals surface area contributed by atoms with E-state index in [1.54, 1.807) is 0 Å². The molecule has 0 spiro atoms. The fraction of sp³-hybridized carbons (Fsp3) is 0.300. The molecule has 1 aliphatic rings. The van der Waals surface area contributed by atoms with Crippen molar-refractivity contribution in [2.24, 2.45) is 0 Å². The van der Waals surface area contributed by atoms with Crippen LogP contribution in [0.5, 0.6) is 0 Å². The lowest BCUT2D eigenvalue weighted by Gasteiger charge is -2.39. The predicted octanol–water partition coefficient (Wildman–Crippen LogP) is 3.80. The summed E-state index contributed by atoms with van der Waals surface area (Å²) in [5, 5.41) is 12.3. The normalized spacial score (nSPS) is 19.6. The van der Waals surface area contributed by atoms with Crippen LogP contribution in [0.25, 0.3) is 0 Å². The number of rotatable bonds is 4. The molecular formula is C20H22N2O4. The molecule has 6 heteroatoms. The van der Waals surface area contributed by atoms with Crippen LogP contribution in [0.3, 0.4) is 0 Å². The van der Waals surface area contributed by atoms with E-state index in [0.717, 1.165) is 24.0 Å². The van der Waals surface area contributed by atoms with Crippen LogP contribution in [0, 0.1) is 0 Å². The number of hydrogen-bond acceptors (Lipinski definition) is 3. The molecule has 0 bridgehead atoms. The molecule has 2 amide bonds. The summed E-state index contributed by atoms with van der Waals surface area (Å²) in [5.74, 6) is -0.106. The molecule has 0 saturated carbocycles. The van der Waals surface area contributed by atoms with Gasteiger partial charge in [0.15, 0.2) is 0 Å². The lowest BCUT2D eigenvalue weighted by atomic mass is 9.87. The zero-order chi connectivity index (χ0) is 18.4. The standard InChI is InChI=1S/C20H22N2O4/c23-19(26-14-15-8-3-1-4-9-15)21-18-17(16-10-5-2-6-11-16)12-7-13-22(18)20(24)25/h1-6,8-11,17-18H,7,12-14H2,(H,21,23)(H,24,25). The van der Waals surface area contributed by atoms with E-state index in [1.165, 1.54) is 4.90 Å². The molecule has 0 aromatic heterocycles. The number of carbonyl (C=O) groups is 2.